The van der Waals surface area contributed by atoms with E-state index in [-0.39, 0.29) is 11.8 Å². The zero-order chi connectivity index (χ0) is 25.2. The first-order valence-electron chi connectivity index (χ1n) is 12.6. The number of carbonyl (C=O) groups is 1. The average Bonchev–Trinajstić information content (AvgIpc) is 3.33. The predicted molar refractivity (Wildman–Crippen MR) is 148 cm³/mol. The first-order valence-corrected chi connectivity index (χ1v) is 13.4. The highest BCUT2D eigenvalue weighted by atomic mass is 79.9. The molecule has 2 aromatic carbocycles. The van der Waals surface area contributed by atoms with Crippen molar-refractivity contribution in [3.8, 4) is 0 Å². The second kappa shape index (κ2) is 10.3. The van der Waals surface area contributed by atoms with E-state index in [0.29, 0.717) is 13.0 Å². The van der Waals surface area contributed by atoms with Crippen molar-refractivity contribution in [3.05, 3.63) is 101 Å². The number of likely N-dealkylation sites (tertiary alicyclic amines) is 1. The van der Waals surface area contributed by atoms with Crippen LogP contribution in [0.2, 0.25) is 0 Å². The van der Waals surface area contributed by atoms with Crippen molar-refractivity contribution < 1.29 is 4.79 Å². The summed E-state index contributed by atoms with van der Waals surface area (Å²) in [5.74, 6) is 1.37. The Morgan fingerprint density at radius 1 is 1.03 bits per heavy atom. The molecule has 0 saturated carbocycles. The first-order chi connectivity index (χ1) is 18.2. The van der Waals surface area contributed by atoms with Gasteiger partial charge in [0.1, 0.15) is 5.82 Å². The van der Waals surface area contributed by atoms with Gasteiger partial charge in [0, 0.05) is 49.7 Å². The fourth-order valence-corrected chi connectivity index (χ4v) is 5.48. The predicted octanol–water partition coefficient (Wildman–Crippen LogP) is 5.60. The Balaban J connectivity index is 1.16. The van der Waals surface area contributed by atoms with Crippen molar-refractivity contribution in [2.75, 3.05) is 18.4 Å². The number of carbonyl (C=O) groups excluding carboxylic acids is 1. The number of benzene rings is 2. The van der Waals surface area contributed by atoms with Crippen LogP contribution in [-0.2, 0) is 17.8 Å². The molecular weight excluding hydrogens is 528 g/mol. The van der Waals surface area contributed by atoms with Crippen LogP contribution in [0.25, 0.3) is 16.4 Å². The van der Waals surface area contributed by atoms with Crippen molar-refractivity contribution in [3.63, 3.8) is 0 Å². The summed E-state index contributed by atoms with van der Waals surface area (Å²) in [6, 6.07) is 20.5. The third kappa shape index (κ3) is 4.93. The summed E-state index contributed by atoms with van der Waals surface area (Å²) in [4.78, 5) is 24.3. The van der Waals surface area contributed by atoms with Crippen LogP contribution < -0.4 is 5.32 Å². The quantitative estimate of drug-likeness (QED) is 0.295. The van der Waals surface area contributed by atoms with Crippen LogP contribution in [0.1, 0.15) is 35.6 Å². The summed E-state index contributed by atoms with van der Waals surface area (Å²) in [6.07, 6.45) is 7.61. The second-order valence-corrected chi connectivity index (χ2v) is 10.3. The van der Waals surface area contributed by atoms with Crippen LogP contribution in [0.15, 0.2) is 83.7 Å². The molecule has 0 radical (unpaired) electrons. The van der Waals surface area contributed by atoms with Gasteiger partial charge < -0.3 is 10.2 Å². The zero-order valence-electron chi connectivity index (χ0n) is 20.3. The highest BCUT2D eigenvalue weighted by Crippen LogP contribution is 2.31. The number of hydrogen-bond donors (Lipinski definition) is 1. The van der Waals surface area contributed by atoms with Gasteiger partial charge in [-0.05, 0) is 56.7 Å². The molecule has 1 amide bonds. The summed E-state index contributed by atoms with van der Waals surface area (Å²) < 4.78 is 2.69. The van der Waals surface area contributed by atoms with Crippen molar-refractivity contribution in [1.29, 1.82) is 0 Å². The number of piperidine rings is 1. The first kappa shape index (κ1) is 23.6. The molecule has 5 aromatic rings. The minimum absolute atomic E-state index is 0.190. The third-order valence-corrected chi connectivity index (χ3v) is 7.69. The SMILES string of the molecule is O=C(Cc1cccc2ccccc12)N1CCC(c2cc(NCc3cccnc3)n3ncc(Br)c3n2)CC1. The Kier molecular flexibility index (Phi) is 6.57. The minimum atomic E-state index is 0.190. The molecule has 0 bridgehead atoms. The van der Waals surface area contributed by atoms with E-state index >= 15 is 0 Å². The maximum Gasteiger partial charge on any atom is 0.227 e. The molecular formula is C29H27BrN6O. The Bertz CT molecular complexity index is 1550. The molecule has 4 heterocycles. The molecule has 37 heavy (non-hydrogen) atoms. The third-order valence-electron chi connectivity index (χ3n) is 7.13. The Hall–Kier alpha value is -3.78. The molecule has 1 fully saturated rings. The number of fused-ring (bicyclic) bond motifs is 2. The molecule has 1 N–H and O–H groups in total. The number of hydrogen-bond acceptors (Lipinski definition) is 5. The zero-order valence-corrected chi connectivity index (χ0v) is 21.9. The topological polar surface area (TPSA) is 75.4 Å². The summed E-state index contributed by atoms with van der Waals surface area (Å²) in [5.41, 5.74) is 4.01. The van der Waals surface area contributed by atoms with Crippen molar-refractivity contribution >= 4 is 44.1 Å². The van der Waals surface area contributed by atoms with E-state index in [1.165, 1.54) is 5.39 Å². The van der Waals surface area contributed by atoms with Gasteiger partial charge in [-0.2, -0.15) is 9.61 Å². The molecule has 1 aliphatic rings. The van der Waals surface area contributed by atoms with Crippen LogP contribution >= 0.6 is 15.9 Å². The number of aromatic nitrogens is 4. The number of rotatable bonds is 6. The number of anilines is 1. The number of pyridine rings is 1. The van der Waals surface area contributed by atoms with E-state index in [1.807, 2.05) is 45.9 Å². The maximum absolute atomic E-state index is 13.2. The van der Waals surface area contributed by atoms with Gasteiger partial charge in [0.2, 0.25) is 5.91 Å². The largest absolute Gasteiger partial charge is 0.366 e. The standard InChI is InChI=1S/C29H27BrN6O/c30-25-19-33-36-27(32-18-20-5-4-12-31-17-20)16-26(34-29(25)36)22-10-13-35(14-11-22)28(37)15-23-8-3-7-21-6-1-2-9-24(21)23/h1-9,12,16-17,19,22,32H,10-11,13-15,18H2. The maximum atomic E-state index is 13.2. The fraction of sp³-hybridized carbons (Fsp3) is 0.241. The molecule has 1 aliphatic heterocycles. The Morgan fingerprint density at radius 3 is 2.70 bits per heavy atom. The smallest absolute Gasteiger partial charge is 0.227 e. The number of amides is 1. The molecule has 3 aromatic heterocycles. The highest BCUT2D eigenvalue weighted by Gasteiger charge is 2.26. The summed E-state index contributed by atoms with van der Waals surface area (Å²) in [5, 5.41) is 10.3. The Morgan fingerprint density at radius 2 is 1.86 bits per heavy atom. The lowest BCUT2D eigenvalue weighted by Crippen LogP contribution is -2.39. The lowest BCUT2D eigenvalue weighted by molar-refractivity contribution is -0.131. The van der Waals surface area contributed by atoms with E-state index < -0.39 is 0 Å². The molecule has 0 atom stereocenters. The van der Waals surface area contributed by atoms with Crippen molar-refractivity contribution in [2.45, 2.75) is 31.7 Å². The average molecular weight is 555 g/mol. The van der Waals surface area contributed by atoms with Crippen molar-refractivity contribution in [1.82, 2.24) is 24.5 Å². The number of nitrogens with zero attached hydrogens (tertiary/aromatic N) is 5. The van der Waals surface area contributed by atoms with Gasteiger partial charge in [-0.15, -0.1) is 0 Å². The van der Waals surface area contributed by atoms with Crippen LogP contribution in [0.5, 0.6) is 0 Å². The summed E-state index contributed by atoms with van der Waals surface area (Å²) >= 11 is 3.60. The summed E-state index contributed by atoms with van der Waals surface area (Å²) in [6.45, 7) is 2.12. The van der Waals surface area contributed by atoms with Gasteiger partial charge in [0.05, 0.1) is 17.1 Å². The van der Waals surface area contributed by atoms with Gasteiger partial charge in [-0.3, -0.25) is 9.78 Å². The molecule has 6 rings (SSSR count). The van der Waals surface area contributed by atoms with Gasteiger partial charge >= 0.3 is 0 Å². The van der Waals surface area contributed by atoms with Crippen LogP contribution in [-0.4, -0.2) is 43.5 Å². The Labute approximate surface area is 223 Å². The second-order valence-electron chi connectivity index (χ2n) is 9.48. The fourth-order valence-electron chi connectivity index (χ4n) is 5.13. The molecule has 8 heteroatoms. The van der Waals surface area contributed by atoms with Crippen LogP contribution in [0.3, 0.4) is 0 Å². The van der Waals surface area contributed by atoms with E-state index in [4.69, 9.17) is 4.98 Å². The normalized spacial score (nSPS) is 14.4. The lowest BCUT2D eigenvalue weighted by Gasteiger charge is -2.32. The summed E-state index contributed by atoms with van der Waals surface area (Å²) in [7, 11) is 0. The molecule has 1 saturated heterocycles. The number of halogens is 1. The molecule has 0 spiro atoms. The molecule has 0 aliphatic carbocycles. The van der Waals surface area contributed by atoms with Gasteiger partial charge in [0.25, 0.3) is 0 Å². The lowest BCUT2D eigenvalue weighted by atomic mass is 9.92. The van der Waals surface area contributed by atoms with Gasteiger partial charge in [0.15, 0.2) is 5.65 Å². The van der Waals surface area contributed by atoms with E-state index in [1.54, 1.807) is 12.4 Å². The van der Waals surface area contributed by atoms with Crippen molar-refractivity contribution in [2.24, 2.45) is 0 Å². The van der Waals surface area contributed by atoms with Crippen LogP contribution in [0.4, 0.5) is 5.82 Å². The van der Waals surface area contributed by atoms with E-state index in [9.17, 15) is 4.79 Å². The molecule has 0 unspecified atom stereocenters. The monoisotopic (exact) mass is 554 g/mol. The van der Waals surface area contributed by atoms with E-state index in [0.717, 1.165) is 64.1 Å². The minimum Gasteiger partial charge on any atom is -0.366 e. The molecule has 7 nitrogen and oxygen atoms in total. The number of nitrogens with one attached hydrogen (secondary N) is 1. The van der Waals surface area contributed by atoms with E-state index in [2.05, 4.69) is 61.7 Å². The van der Waals surface area contributed by atoms with Gasteiger partial charge in [-0.25, -0.2) is 4.98 Å². The van der Waals surface area contributed by atoms with Crippen LogP contribution in [0, 0.1) is 0 Å². The highest BCUT2D eigenvalue weighted by molar-refractivity contribution is 9.10. The van der Waals surface area contributed by atoms with Gasteiger partial charge in [-0.1, -0.05) is 48.5 Å². The molecule has 186 valence electrons.